The standard InChI is InChI=1S/C50H30N4/c1-3-11-35(12-4-1)53-45-17-8-7-15-37(45)39-26-32(18-21-46(39)53)33-19-22-47-40(27-33)41-28-34(20-23-48(41)54(47)36-13-5-2-6-14-36)44-29-42-43(30-52-44)38-16-9-10-31-24-25-51-50(42)49(31)38/h1-30H. The highest BCUT2D eigenvalue weighted by Crippen LogP contribution is 2.47. The number of hydrogen-bond donors (Lipinski definition) is 0. The first-order valence-corrected chi connectivity index (χ1v) is 18.4. The molecule has 0 spiro atoms. The maximum atomic E-state index is 5.05. The van der Waals surface area contributed by atoms with Crippen LogP contribution in [-0.2, 0) is 0 Å². The Morgan fingerprint density at radius 3 is 1.63 bits per heavy atom. The number of benzene rings is 7. The molecule has 4 heterocycles. The maximum absolute atomic E-state index is 5.05. The second-order valence-electron chi connectivity index (χ2n) is 14.2. The largest absolute Gasteiger partial charge is 0.309 e. The molecule has 4 nitrogen and oxygen atoms in total. The van der Waals surface area contributed by atoms with Gasteiger partial charge in [-0.2, -0.15) is 0 Å². The summed E-state index contributed by atoms with van der Waals surface area (Å²) in [7, 11) is 0. The monoisotopic (exact) mass is 686 g/mol. The van der Waals surface area contributed by atoms with E-state index in [0.717, 1.165) is 39.5 Å². The third-order valence-electron chi connectivity index (χ3n) is 11.3. The first kappa shape index (κ1) is 29.3. The van der Waals surface area contributed by atoms with Crippen LogP contribution in [0.2, 0.25) is 0 Å². The van der Waals surface area contributed by atoms with Gasteiger partial charge in [-0.3, -0.25) is 9.97 Å². The molecule has 1 aliphatic rings. The average molecular weight is 687 g/mol. The molecule has 7 aromatic carbocycles. The Bertz CT molecular complexity index is 3310. The number of pyridine rings is 2. The Morgan fingerprint density at radius 2 is 0.944 bits per heavy atom. The summed E-state index contributed by atoms with van der Waals surface area (Å²) in [4.78, 5) is 9.89. The van der Waals surface area contributed by atoms with Crippen molar-refractivity contribution in [1.29, 1.82) is 0 Å². The molecule has 0 amide bonds. The summed E-state index contributed by atoms with van der Waals surface area (Å²) in [5.41, 5.74) is 16.0. The summed E-state index contributed by atoms with van der Waals surface area (Å²) in [5, 5.41) is 7.32. The number of rotatable bonds is 4. The van der Waals surface area contributed by atoms with Crippen LogP contribution >= 0.6 is 0 Å². The van der Waals surface area contributed by atoms with Crippen molar-refractivity contribution >= 4 is 54.4 Å². The number of para-hydroxylation sites is 3. The highest BCUT2D eigenvalue weighted by atomic mass is 15.0. The van der Waals surface area contributed by atoms with E-state index in [-0.39, 0.29) is 0 Å². The van der Waals surface area contributed by atoms with Gasteiger partial charge in [0, 0.05) is 67.4 Å². The van der Waals surface area contributed by atoms with Crippen LogP contribution in [0.5, 0.6) is 0 Å². The maximum Gasteiger partial charge on any atom is 0.0794 e. The molecule has 11 aromatic rings. The fourth-order valence-electron chi connectivity index (χ4n) is 8.91. The Morgan fingerprint density at radius 1 is 0.370 bits per heavy atom. The Balaban J connectivity index is 1.05. The zero-order valence-electron chi connectivity index (χ0n) is 29.1. The van der Waals surface area contributed by atoms with Crippen molar-refractivity contribution in [3.63, 3.8) is 0 Å². The lowest BCUT2D eigenvalue weighted by Crippen LogP contribution is -1.93. The van der Waals surface area contributed by atoms with Crippen molar-refractivity contribution < 1.29 is 0 Å². The molecule has 0 unspecified atom stereocenters. The van der Waals surface area contributed by atoms with Crippen molar-refractivity contribution in [2.75, 3.05) is 0 Å². The highest BCUT2D eigenvalue weighted by molar-refractivity contribution is 6.15. The number of fused-ring (bicyclic) bond motifs is 9. The van der Waals surface area contributed by atoms with E-state index in [0.29, 0.717) is 0 Å². The van der Waals surface area contributed by atoms with Gasteiger partial charge in [0.1, 0.15) is 0 Å². The van der Waals surface area contributed by atoms with E-state index in [1.54, 1.807) is 0 Å². The molecule has 4 heteroatoms. The zero-order valence-corrected chi connectivity index (χ0v) is 29.1. The summed E-state index contributed by atoms with van der Waals surface area (Å²) < 4.78 is 4.75. The minimum atomic E-state index is 0.944. The van der Waals surface area contributed by atoms with Gasteiger partial charge in [0.15, 0.2) is 0 Å². The fourth-order valence-corrected chi connectivity index (χ4v) is 8.91. The molecule has 12 rings (SSSR count). The van der Waals surface area contributed by atoms with Gasteiger partial charge in [-0.05, 0) is 101 Å². The van der Waals surface area contributed by atoms with Crippen LogP contribution in [0, 0.1) is 0 Å². The lowest BCUT2D eigenvalue weighted by molar-refractivity contribution is 1.18. The zero-order chi connectivity index (χ0) is 35.3. The molecule has 0 saturated heterocycles. The van der Waals surface area contributed by atoms with Crippen LogP contribution in [0.4, 0.5) is 0 Å². The summed E-state index contributed by atoms with van der Waals surface area (Å²) in [6, 6.07) is 61.4. The third-order valence-corrected chi connectivity index (χ3v) is 11.3. The van der Waals surface area contributed by atoms with E-state index < -0.39 is 0 Å². The van der Waals surface area contributed by atoms with Crippen molar-refractivity contribution in [2.24, 2.45) is 0 Å². The van der Waals surface area contributed by atoms with Gasteiger partial charge >= 0.3 is 0 Å². The van der Waals surface area contributed by atoms with Crippen molar-refractivity contribution in [3.8, 4) is 56.1 Å². The van der Waals surface area contributed by atoms with E-state index in [9.17, 15) is 0 Å². The summed E-state index contributed by atoms with van der Waals surface area (Å²) in [6.07, 6.45) is 3.94. The molecule has 4 aromatic heterocycles. The molecule has 0 aliphatic heterocycles. The first-order chi connectivity index (χ1) is 26.8. The number of aromatic nitrogens is 4. The third kappa shape index (κ3) is 4.13. The van der Waals surface area contributed by atoms with Crippen molar-refractivity contribution in [3.05, 3.63) is 182 Å². The molecule has 0 radical (unpaired) electrons. The van der Waals surface area contributed by atoms with Crippen LogP contribution in [0.3, 0.4) is 0 Å². The molecule has 1 aliphatic carbocycles. The second-order valence-corrected chi connectivity index (χ2v) is 14.2. The van der Waals surface area contributed by atoms with Crippen LogP contribution in [0.15, 0.2) is 182 Å². The molecule has 0 atom stereocenters. The average Bonchev–Trinajstić information content (AvgIpc) is 3.87. The molecule has 250 valence electrons. The van der Waals surface area contributed by atoms with Crippen molar-refractivity contribution in [1.82, 2.24) is 19.1 Å². The molecule has 0 bridgehead atoms. The quantitative estimate of drug-likeness (QED) is 0.185. The summed E-state index contributed by atoms with van der Waals surface area (Å²) in [6.45, 7) is 0. The minimum Gasteiger partial charge on any atom is -0.309 e. The van der Waals surface area contributed by atoms with E-state index in [2.05, 4.69) is 179 Å². The summed E-state index contributed by atoms with van der Waals surface area (Å²) in [5.74, 6) is 0. The highest BCUT2D eigenvalue weighted by Gasteiger charge is 2.24. The van der Waals surface area contributed by atoms with E-state index >= 15 is 0 Å². The van der Waals surface area contributed by atoms with Gasteiger partial charge in [-0.1, -0.05) is 91.0 Å². The number of nitrogens with zero attached hydrogens (tertiary/aromatic N) is 4. The number of hydrogen-bond acceptors (Lipinski definition) is 2. The minimum absolute atomic E-state index is 0.944. The van der Waals surface area contributed by atoms with Gasteiger partial charge in [-0.25, -0.2) is 0 Å². The molecular weight excluding hydrogens is 657 g/mol. The van der Waals surface area contributed by atoms with Crippen LogP contribution in [0.1, 0.15) is 0 Å². The van der Waals surface area contributed by atoms with Gasteiger partial charge in [-0.15, -0.1) is 0 Å². The predicted molar refractivity (Wildman–Crippen MR) is 224 cm³/mol. The molecular formula is C50H30N4. The fraction of sp³-hybridized carbons (Fsp3) is 0. The topological polar surface area (TPSA) is 35.6 Å². The first-order valence-electron chi connectivity index (χ1n) is 18.4. The van der Waals surface area contributed by atoms with E-state index in [1.165, 1.54) is 71.1 Å². The molecule has 0 N–H and O–H groups in total. The van der Waals surface area contributed by atoms with Gasteiger partial charge < -0.3 is 9.13 Å². The van der Waals surface area contributed by atoms with E-state index in [1.807, 2.05) is 12.4 Å². The van der Waals surface area contributed by atoms with Gasteiger partial charge in [0.2, 0.25) is 0 Å². The molecule has 0 saturated carbocycles. The Hall–Kier alpha value is -7.30. The normalized spacial score (nSPS) is 12.1. The van der Waals surface area contributed by atoms with Crippen LogP contribution in [0.25, 0.3) is 111 Å². The van der Waals surface area contributed by atoms with Gasteiger partial charge in [0.25, 0.3) is 0 Å². The predicted octanol–water partition coefficient (Wildman–Crippen LogP) is 12.8. The Labute approximate surface area is 310 Å². The lowest BCUT2D eigenvalue weighted by Gasteiger charge is -2.09. The van der Waals surface area contributed by atoms with Crippen molar-refractivity contribution in [2.45, 2.75) is 0 Å². The van der Waals surface area contributed by atoms with E-state index in [4.69, 9.17) is 9.97 Å². The van der Waals surface area contributed by atoms with Crippen LogP contribution < -0.4 is 0 Å². The SMILES string of the molecule is c1ccc(-n2c3ccccc3c3cc(-c4ccc5c(c4)c4cc(-c6cc7c(cn6)-c6cccc8ccnc-7c68)ccc4n5-c4ccccc4)ccc32)cc1. The smallest absolute Gasteiger partial charge is 0.0794 e. The van der Waals surface area contributed by atoms with Gasteiger partial charge in [0.05, 0.1) is 33.5 Å². The lowest BCUT2D eigenvalue weighted by atomic mass is 9.99. The molecule has 0 fully saturated rings. The molecule has 54 heavy (non-hydrogen) atoms. The summed E-state index contributed by atoms with van der Waals surface area (Å²) >= 11 is 0. The second kappa shape index (κ2) is 11.1. The van der Waals surface area contributed by atoms with Crippen LogP contribution in [-0.4, -0.2) is 19.1 Å². The Kier molecular flexibility index (Phi) is 6.02.